The van der Waals surface area contributed by atoms with Crippen LogP contribution in [0.1, 0.15) is 38.5 Å². The minimum Gasteiger partial charge on any atom is -0.318 e. The smallest absolute Gasteiger partial charge is 0.318 e. The van der Waals surface area contributed by atoms with E-state index in [0.29, 0.717) is 12.3 Å². The van der Waals surface area contributed by atoms with Crippen molar-refractivity contribution in [2.24, 2.45) is 11.7 Å². The van der Waals surface area contributed by atoms with E-state index in [4.69, 9.17) is 11.0 Å². The number of hydrogen-bond donors (Lipinski definition) is 2. The zero-order valence-corrected chi connectivity index (χ0v) is 7.74. The molecule has 0 heterocycles. The average molecular weight is 187 g/mol. The van der Waals surface area contributed by atoms with Gasteiger partial charge in [0, 0.05) is 0 Å². The van der Waals surface area contributed by atoms with Crippen LogP contribution in [0, 0.1) is 5.92 Å². The van der Waals surface area contributed by atoms with Crippen LogP contribution >= 0.6 is 0 Å². The summed E-state index contributed by atoms with van der Waals surface area (Å²) in [6.45, 7) is 0. The van der Waals surface area contributed by atoms with Gasteiger partial charge in [-0.15, -0.1) is 0 Å². The molecule has 1 saturated carbocycles. The SMILES string of the molecule is N[C@@H](CC1CCCCC1)C(=O)OO. The third-order valence-corrected chi connectivity index (χ3v) is 2.70. The number of carbonyl (C=O) groups is 1. The van der Waals surface area contributed by atoms with Crippen LogP contribution in [-0.2, 0) is 9.68 Å². The highest BCUT2D eigenvalue weighted by Crippen LogP contribution is 2.26. The Labute approximate surface area is 78.0 Å². The van der Waals surface area contributed by atoms with Crippen LogP contribution in [0.15, 0.2) is 0 Å². The Morgan fingerprint density at radius 2 is 2.08 bits per heavy atom. The van der Waals surface area contributed by atoms with Gasteiger partial charge in [-0.05, 0) is 12.3 Å². The van der Waals surface area contributed by atoms with E-state index in [1.54, 1.807) is 0 Å². The Morgan fingerprint density at radius 1 is 1.46 bits per heavy atom. The first kappa shape index (κ1) is 10.5. The van der Waals surface area contributed by atoms with E-state index in [0.717, 1.165) is 12.8 Å². The summed E-state index contributed by atoms with van der Waals surface area (Å²) < 4.78 is 0. The van der Waals surface area contributed by atoms with E-state index in [1.807, 2.05) is 0 Å². The highest BCUT2D eigenvalue weighted by atomic mass is 17.1. The van der Waals surface area contributed by atoms with Crippen molar-refractivity contribution in [1.29, 1.82) is 0 Å². The minimum absolute atomic E-state index is 0.530. The second-order valence-corrected chi connectivity index (χ2v) is 3.76. The van der Waals surface area contributed by atoms with E-state index in [9.17, 15) is 4.79 Å². The van der Waals surface area contributed by atoms with Crippen LogP contribution in [0.2, 0.25) is 0 Å². The van der Waals surface area contributed by atoms with Crippen molar-refractivity contribution in [3.05, 3.63) is 0 Å². The second kappa shape index (κ2) is 5.19. The van der Waals surface area contributed by atoms with Crippen molar-refractivity contribution < 1.29 is 14.9 Å². The molecule has 0 aliphatic heterocycles. The van der Waals surface area contributed by atoms with E-state index in [-0.39, 0.29) is 0 Å². The van der Waals surface area contributed by atoms with Crippen molar-refractivity contribution in [3.8, 4) is 0 Å². The molecule has 1 aliphatic carbocycles. The van der Waals surface area contributed by atoms with Crippen molar-refractivity contribution in [2.75, 3.05) is 0 Å². The molecule has 0 radical (unpaired) electrons. The molecule has 0 unspecified atom stereocenters. The molecule has 0 amide bonds. The zero-order chi connectivity index (χ0) is 9.68. The Hall–Kier alpha value is -0.610. The number of carbonyl (C=O) groups excluding carboxylic acids is 1. The molecule has 0 aromatic rings. The summed E-state index contributed by atoms with van der Waals surface area (Å²) in [5.41, 5.74) is 5.52. The van der Waals surface area contributed by atoms with Gasteiger partial charge in [0.1, 0.15) is 6.04 Å². The van der Waals surface area contributed by atoms with Crippen molar-refractivity contribution in [2.45, 2.75) is 44.6 Å². The number of hydrogen-bond acceptors (Lipinski definition) is 4. The Balaban J connectivity index is 2.25. The first-order valence-corrected chi connectivity index (χ1v) is 4.85. The number of rotatable bonds is 3. The van der Waals surface area contributed by atoms with Crippen LogP contribution < -0.4 is 5.73 Å². The molecule has 0 spiro atoms. The fraction of sp³-hybridized carbons (Fsp3) is 0.889. The number of nitrogens with two attached hydrogens (primary N) is 1. The predicted molar refractivity (Wildman–Crippen MR) is 47.9 cm³/mol. The van der Waals surface area contributed by atoms with Gasteiger partial charge in [-0.1, -0.05) is 32.1 Å². The summed E-state index contributed by atoms with van der Waals surface area (Å²) in [5, 5.41) is 8.11. The molecule has 1 fully saturated rings. The monoisotopic (exact) mass is 187 g/mol. The molecular formula is C9H17NO3. The summed E-state index contributed by atoms with van der Waals surface area (Å²) in [5.74, 6) is -0.187. The Kier molecular flexibility index (Phi) is 4.18. The topological polar surface area (TPSA) is 72.6 Å². The summed E-state index contributed by atoms with van der Waals surface area (Å²) in [4.78, 5) is 14.4. The van der Waals surface area contributed by atoms with Gasteiger partial charge in [0.25, 0.3) is 0 Å². The lowest BCUT2D eigenvalue weighted by molar-refractivity contribution is -0.236. The van der Waals surface area contributed by atoms with Gasteiger partial charge in [-0.25, -0.2) is 4.79 Å². The van der Waals surface area contributed by atoms with Gasteiger partial charge in [0.2, 0.25) is 0 Å². The Bertz CT molecular complexity index is 166. The molecule has 4 heteroatoms. The van der Waals surface area contributed by atoms with Crippen LogP contribution in [0.5, 0.6) is 0 Å². The van der Waals surface area contributed by atoms with Gasteiger partial charge < -0.3 is 5.73 Å². The second-order valence-electron chi connectivity index (χ2n) is 3.76. The summed E-state index contributed by atoms with van der Waals surface area (Å²) in [6.07, 6.45) is 6.67. The van der Waals surface area contributed by atoms with E-state index < -0.39 is 12.0 Å². The normalized spacial score (nSPS) is 21.1. The van der Waals surface area contributed by atoms with Crippen molar-refractivity contribution in [3.63, 3.8) is 0 Å². The lowest BCUT2D eigenvalue weighted by Crippen LogP contribution is -2.34. The van der Waals surface area contributed by atoms with Crippen molar-refractivity contribution in [1.82, 2.24) is 0 Å². The molecule has 0 aromatic carbocycles. The predicted octanol–water partition coefficient (Wildman–Crippen LogP) is 1.30. The maximum atomic E-state index is 10.8. The maximum absolute atomic E-state index is 10.8. The first-order valence-electron chi connectivity index (χ1n) is 4.85. The van der Waals surface area contributed by atoms with Crippen molar-refractivity contribution >= 4 is 5.97 Å². The summed E-state index contributed by atoms with van der Waals surface area (Å²) in [7, 11) is 0. The highest BCUT2D eigenvalue weighted by Gasteiger charge is 2.22. The van der Waals surface area contributed by atoms with Crippen LogP contribution in [0.4, 0.5) is 0 Å². The largest absolute Gasteiger partial charge is 0.358 e. The Morgan fingerprint density at radius 3 is 2.62 bits per heavy atom. The van der Waals surface area contributed by atoms with E-state index in [1.165, 1.54) is 19.3 Å². The minimum atomic E-state index is -0.717. The lowest BCUT2D eigenvalue weighted by Gasteiger charge is -2.22. The van der Waals surface area contributed by atoms with E-state index in [2.05, 4.69) is 4.89 Å². The molecular weight excluding hydrogens is 170 g/mol. The lowest BCUT2D eigenvalue weighted by atomic mass is 9.85. The van der Waals surface area contributed by atoms with Crippen LogP contribution in [0.25, 0.3) is 0 Å². The molecule has 13 heavy (non-hydrogen) atoms. The maximum Gasteiger partial charge on any atom is 0.358 e. The third-order valence-electron chi connectivity index (χ3n) is 2.70. The van der Waals surface area contributed by atoms with Gasteiger partial charge in [-0.3, -0.25) is 4.89 Å². The fourth-order valence-electron chi connectivity index (χ4n) is 1.95. The molecule has 4 nitrogen and oxygen atoms in total. The standard InChI is InChI=1S/C9H17NO3/c10-8(9(11)13-12)6-7-4-2-1-3-5-7/h7-8,12H,1-6,10H2/t8-/m0/s1. The molecule has 0 bridgehead atoms. The van der Waals surface area contributed by atoms with Gasteiger partial charge >= 0.3 is 5.97 Å². The zero-order valence-electron chi connectivity index (χ0n) is 7.74. The quantitative estimate of drug-likeness (QED) is 0.516. The van der Waals surface area contributed by atoms with Crippen LogP contribution in [-0.4, -0.2) is 17.3 Å². The van der Waals surface area contributed by atoms with Crippen LogP contribution in [0.3, 0.4) is 0 Å². The molecule has 0 aromatic heterocycles. The molecule has 0 saturated heterocycles. The fourth-order valence-corrected chi connectivity index (χ4v) is 1.95. The molecule has 1 rings (SSSR count). The van der Waals surface area contributed by atoms with Gasteiger partial charge in [0.15, 0.2) is 0 Å². The van der Waals surface area contributed by atoms with Gasteiger partial charge in [-0.2, -0.15) is 5.26 Å². The van der Waals surface area contributed by atoms with Gasteiger partial charge in [0.05, 0.1) is 0 Å². The highest BCUT2D eigenvalue weighted by molar-refractivity contribution is 5.74. The summed E-state index contributed by atoms with van der Waals surface area (Å²) >= 11 is 0. The molecule has 76 valence electrons. The van der Waals surface area contributed by atoms with E-state index >= 15 is 0 Å². The third kappa shape index (κ3) is 3.32. The average Bonchev–Trinajstić information content (AvgIpc) is 2.18. The summed E-state index contributed by atoms with van der Waals surface area (Å²) in [6, 6.07) is -0.659. The molecule has 1 aliphatic rings. The molecule has 3 N–H and O–H groups in total. The molecule has 1 atom stereocenters. The first-order chi connectivity index (χ1) is 6.24.